The standard InChI is InChI=1S/C7H11NO2/c1-2-5-8(10)6-3-4-7(8)9/h3-4H,2,5-6H2,1H3. The Morgan fingerprint density at radius 1 is 1.80 bits per heavy atom. The van der Waals surface area contributed by atoms with E-state index in [0.29, 0.717) is 13.1 Å². The quantitative estimate of drug-likeness (QED) is 0.421. The molecule has 0 aromatic carbocycles. The van der Waals surface area contributed by atoms with Gasteiger partial charge in [-0.3, -0.25) is 4.65 Å². The molecule has 3 nitrogen and oxygen atoms in total. The minimum atomic E-state index is -0.670. The third kappa shape index (κ3) is 1.10. The smallest absolute Gasteiger partial charge is 0.338 e. The van der Waals surface area contributed by atoms with Gasteiger partial charge in [0, 0.05) is 6.08 Å². The van der Waals surface area contributed by atoms with Gasteiger partial charge in [-0.05, 0) is 12.5 Å². The van der Waals surface area contributed by atoms with Crippen molar-refractivity contribution >= 4 is 5.91 Å². The van der Waals surface area contributed by atoms with E-state index in [1.807, 2.05) is 6.92 Å². The van der Waals surface area contributed by atoms with Gasteiger partial charge in [-0.15, -0.1) is 0 Å². The molecule has 1 amide bonds. The summed E-state index contributed by atoms with van der Waals surface area (Å²) in [5, 5.41) is 11.4. The molecule has 0 saturated carbocycles. The van der Waals surface area contributed by atoms with Crippen LogP contribution in [0.4, 0.5) is 0 Å². The van der Waals surface area contributed by atoms with Crippen LogP contribution in [-0.2, 0) is 4.79 Å². The zero-order valence-corrected chi connectivity index (χ0v) is 6.04. The number of hydrogen-bond acceptors (Lipinski definition) is 2. The first-order chi connectivity index (χ1) is 4.69. The fraction of sp³-hybridized carbons (Fsp3) is 0.571. The molecule has 0 aromatic heterocycles. The lowest BCUT2D eigenvalue weighted by Gasteiger charge is -2.34. The van der Waals surface area contributed by atoms with Crippen molar-refractivity contribution < 1.29 is 9.44 Å². The summed E-state index contributed by atoms with van der Waals surface area (Å²) < 4.78 is -0.670. The van der Waals surface area contributed by atoms with Crippen molar-refractivity contribution in [2.45, 2.75) is 13.3 Å². The Hall–Kier alpha value is -0.670. The molecule has 1 rings (SSSR count). The summed E-state index contributed by atoms with van der Waals surface area (Å²) in [7, 11) is 0. The number of hydrogen-bond donors (Lipinski definition) is 0. The van der Waals surface area contributed by atoms with Crippen LogP contribution in [0.15, 0.2) is 12.2 Å². The van der Waals surface area contributed by atoms with Crippen LogP contribution in [0, 0.1) is 5.21 Å². The van der Waals surface area contributed by atoms with Crippen molar-refractivity contribution in [3.05, 3.63) is 17.4 Å². The van der Waals surface area contributed by atoms with Crippen molar-refractivity contribution in [2.24, 2.45) is 0 Å². The highest BCUT2D eigenvalue weighted by Gasteiger charge is 2.26. The molecule has 0 aliphatic carbocycles. The second kappa shape index (κ2) is 2.52. The molecule has 0 saturated heterocycles. The first-order valence-electron chi connectivity index (χ1n) is 3.48. The number of quaternary nitrogens is 1. The molecule has 1 aliphatic heterocycles. The van der Waals surface area contributed by atoms with Crippen LogP contribution < -0.4 is 0 Å². The van der Waals surface area contributed by atoms with Gasteiger partial charge in [-0.25, -0.2) is 4.79 Å². The highest BCUT2D eigenvalue weighted by Crippen LogP contribution is 2.13. The number of carbonyl (C=O) groups excluding carboxylic acids is 1. The highest BCUT2D eigenvalue weighted by atomic mass is 16.6. The van der Waals surface area contributed by atoms with Crippen LogP contribution in [-0.4, -0.2) is 23.6 Å². The van der Waals surface area contributed by atoms with Crippen LogP contribution in [0.1, 0.15) is 13.3 Å². The minimum absolute atomic E-state index is 0.304. The molecule has 3 heteroatoms. The average Bonchev–Trinajstić information content (AvgIpc) is 2.15. The summed E-state index contributed by atoms with van der Waals surface area (Å²) in [4.78, 5) is 10.9. The highest BCUT2D eigenvalue weighted by molar-refractivity contribution is 5.83. The van der Waals surface area contributed by atoms with E-state index in [4.69, 9.17) is 0 Å². The monoisotopic (exact) mass is 141 g/mol. The van der Waals surface area contributed by atoms with Gasteiger partial charge in [0.05, 0.1) is 6.54 Å². The zero-order valence-electron chi connectivity index (χ0n) is 6.04. The molecule has 1 atom stereocenters. The summed E-state index contributed by atoms with van der Waals surface area (Å²) in [6.45, 7) is 2.64. The second-order valence-electron chi connectivity index (χ2n) is 2.54. The van der Waals surface area contributed by atoms with E-state index in [9.17, 15) is 10.0 Å². The predicted molar refractivity (Wildman–Crippen MR) is 37.8 cm³/mol. The molecular formula is C7H11NO2. The second-order valence-corrected chi connectivity index (χ2v) is 2.54. The van der Waals surface area contributed by atoms with E-state index in [1.165, 1.54) is 6.08 Å². The lowest BCUT2D eigenvalue weighted by Crippen LogP contribution is -2.44. The van der Waals surface area contributed by atoms with E-state index in [0.717, 1.165) is 6.42 Å². The number of hydroxylamine groups is 3. The van der Waals surface area contributed by atoms with Crippen LogP contribution in [0.5, 0.6) is 0 Å². The average molecular weight is 141 g/mol. The van der Waals surface area contributed by atoms with Crippen LogP contribution in [0.3, 0.4) is 0 Å². The van der Waals surface area contributed by atoms with Crippen molar-refractivity contribution in [1.29, 1.82) is 0 Å². The molecule has 1 heterocycles. The molecule has 0 fully saturated rings. The molecule has 56 valence electrons. The van der Waals surface area contributed by atoms with Crippen LogP contribution in [0.2, 0.25) is 0 Å². The van der Waals surface area contributed by atoms with Crippen LogP contribution in [0.25, 0.3) is 0 Å². The largest absolute Gasteiger partial charge is 0.625 e. The van der Waals surface area contributed by atoms with Gasteiger partial charge in [-0.2, -0.15) is 0 Å². The summed E-state index contributed by atoms with van der Waals surface area (Å²) in [5.41, 5.74) is 0. The number of carbonyl (C=O) groups is 1. The number of nitrogens with zero attached hydrogens (tertiary/aromatic N) is 1. The van der Waals surface area contributed by atoms with Gasteiger partial charge in [0.1, 0.15) is 6.54 Å². The summed E-state index contributed by atoms with van der Waals surface area (Å²) in [6.07, 6.45) is 3.78. The minimum Gasteiger partial charge on any atom is -0.625 e. The number of amides is 1. The molecule has 10 heavy (non-hydrogen) atoms. The van der Waals surface area contributed by atoms with Gasteiger partial charge < -0.3 is 5.21 Å². The van der Waals surface area contributed by atoms with Crippen molar-refractivity contribution in [3.8, 4) is 0 Å². The maximum Gasteiger partial charge on any atom is 0.338 e. The third-order valence-corrected chi connectivity index (χ3v) is 1.65. The van der Waals surface area contributed by atoms with Crippen LogP contribution >= 0.6 is 0 Å². The Balaban J connectivity index is 2.61. The molecule has 1 aliphatic rings. The predicted octanol–water partition coefficient (Wildman–Crippen LogP) is 0.807. The van der Waals surface area contributed by atoms with Gasteiger partial charge in [0.15, 0.2) is 0 Å². The summed E-state index contributed by atoms with van der Waals surface area (Å²) in [5.74, 6) is -0.304. The normalized spacial score (nSPS) is 31.6. The zero-order chi connectivity index (χ0) is 7.61. The first kappa shape index (κ1) is 7.44. The molecule has 0 aromatic rings. The molecule has 0 spiro atoms. The maximum absolute atomic E-state index is 11.4. The molecule has 0 radical (unpaired) electrons. The summed E-state index contributed by atoms with van der Waals surface area (Å²) in [6, 6.07) is 0. The number of rotatable bonds is 2. The lowest BCUT2D eigenvalue weighted by atomic mass is 10.4. The Labute approximate surface area is 60.1 Å². The van der Waals surface area contributed by atoms with E-state index in [2.05, 4.69) is 0 Å². The Kier molecular flexibility index (Phi) is 1.87. The summed E-state index contributed by atoms with van der Waals surface area (Å²) >= 11 is 0. The van der Waals surface area contributed by atoms with E-state index >= 15 is 0 Å². The van der Waals surface area contributed by atoms with Crippen molar-refractivity contribution in [2.75, 3.05) is 13.1 Å². The SMILES string of the molecule is CCC[N+]1([O-])CC=CC1=O. The lowest BCUT2D eigenvalue weighted by molar-refractivity contribution is -0.791. The Morgan fingerprint density at radius 2 is 2.50 bits per heavy atom. The fourth-order valence-corrected chi connectivity index (χ4v) is 1.11. The van der Waals surface area contributed by atoms with Gasteiger partial charge in [0.25, 0.3) is 0 Å². The molecule has 1 unspecified atom stereocenters. The Bertz CT molecular complexity index is 176. The first-order valence-corrected chi connectivity index (χ1v) is 3.48. The topological polar surface area (TPSA) is 40.1 Å². The van der Waals surface area contributed by atoms with Gasteiger partial charge in [0.2, 0.25) is 0 Å². The van der Waals surface area contributed by atoms with Crippen molar-refractivity contribution in [3.63, 3.8) is 0 Å². The molecular weight excluding hydrogens is 130 g/mol. The Morgan fingerprint density at radius 3 is 2.90 bits per heavy atom. The maximum atomic E-state index is 11.4. The van der Waals surface area contributed by atoms with Crippen molar-refractivity contribution in [1.82, 2.24) is 0 Å². The van der Waals surface area contributed by atoms with E-state index < -0.39 is 4.65 Å². The fourth-order valence-electron chi connectivity index (χ4n) is 1.11. The van der Waals surface area contributed by atoms with E-state index in [-0.39, 0.29) is 5.91 Å². The third-order valence-electron chi connectivity index (χ3n) is 1.65. The van der Waals surface area contributed by atoms with E-state index in [1.54, 1.807) is 6.08 Å². The van der Waals surface area contributed by atoms with Gasteiger partial charge in [-0.1, -0.05) is 6.92 Å². The molecule has 0 bridgehead atoms. The van der Waals surface area contributed by atoms with Gasteiger partial charge >= 0.3 is 5.91 Å². The molecule has 0 N–H and O–H groups in total.